The molecule has 1 unspecified atom stereocenters. The molecule has 0 saturated heterocycles. The number of hydrogen-bond donors (Lipinski definition) is 2. The maximum Gasteiger partial charge on any atom is 0.244 e. The predicted octanol–water partition coefficient (Wildman–Crippen LogP) is 1.43. The summed E-state index contributed by atoms with van der Waals surface area (Å²) in [7, 11) is 5.05. The second-order valence-electron chi connectivity index (χ2n) is 5.42. The molecule has 0 bridgehead atoms. The fourth-order valence-electron chi connectivity index (χ4n) is 2.30. The Kier molecular flexibility index (Phi) is 5.94. The van der Waals surface area contributed by atoms with Crippen molar-refractivity contribution in [3.8, 4) is 0 Å². The highest BCUT2D eigenvalue weighted by atomic mass is 35.5. The second-order valence-corrected chi connectivity index (χ2v) is 5.86. The van der Waals surface area contributed by atoms with Crippen molar-refractivity contribution in [1.29, 1.82) is 0 Å². The number of carbonyl (C=O) groups is 2. The number of carbonyl (C=O) groups excluding carboxylic acids is 2. The molecule has 7 nitrogen and oxygen atoms in total. The molecule has 0 spiro atoms. The van der Waals surface area contributed by atoms with E-state index in [2.05, 4.69) is 15.7 Å². The molecule has 0 aliphatic carbocycles. The van der Waals surface area contributed by atoms with Gasteiger partial charge in [-0.2, -0.15) is 5.10 Å². The highest BCUT2D eigenvalue weighted by molar-refractivity contribution is 6.30. The number of nitrogens with zero attached hydrogens (tertiary/aromatic N) is 3. The van der Waals surface area contributed by atoms with Gasteiger partial charge >= 0.3 is 0 Å². The van der Waals surface area contributed by atoms with E-state index in [-0.39, 0.29) is 18.4 Å². The quantitative estimate of drug-likeness (QED) is 0.827. The summed E-state index contributed by atoms with van der Waals surface area (Å²) in [6.45, 7) is -0.0657. The summed E-state index contributed by atoms with van der Waals surface area (Å²) in [5.41, 5.74) is 1.33. The Morgan fingerprint density at radius 1 is 1.42 bits per heavy atom. The SMILES string of the molecule is CNC(C(=O)N(C)CC(=O)Nc1cccc(Cl)c1)c1cnn(C)c1. The molecule has 1 heterocycles. The summed E-state index contributed by atoms with van der Waals surface area (Å²) < 4.78 is 1.62. The summed E-state index contributed by atoms with van der Waals surface area (Å²) in [6, 6.07) is 6.29. The van der Waals surface area contributed by atoms with Crippen LogP contribution in [0.5, 0.6) is 0 Å². The Morgan fingerprint density at radius 3 is 2.75 bits per heavy atom. The van der Waals surface area contributed by atoms with E-state index >= 15 is 0 Å². The highest BCUT2D eigenvalue weighted by Crippen LogP contribution is 2.16. The number of aryl methyl sites for hydroxylation is 1. The van der Waals surface area contributed by atoms with Crippen LogP contribution in [0.4, 0.5) is 5.69 Å². The number of likely N-dealkylation sites (N-methyl/N-ethyl adjacent to an activating group) is 2. The number of hydrogen-bond acceptors (Lipinski definition) is 4. The molecule has 0 radical (unpaired) electrons. The van der Waals surface area contributed by atoms with E-state index in [1.165, 1.54) is 4.90 Å². The van der Waals surface area contributed by atoms with E-state index in [0.717, 1.165) is 5.56 Å². The zero-order chi connectivity index (χ0) is 17.7. The van der Waals surface area contributed by atoms with Gasteiger partial charge in [0.2, 0.25) is 11.8 Å². The van der Waals surface area contributed by atoms with Crippen molar-refractivity contribution in [2.24, 2.45) is 7.05 Å². The predicted molar refractivity (Wildman–Crippen MR) is 92.7 cm³/mol. The molecule has 2 aromatic rings. The van der Waals surface area contributed by atoms with Gasteiger partial charge in [0.05, 0.1) is 12.7 Å². The van der Waals surface area contributed by atoms with Gasteiger partial charge in [-0.15, -0.1) is 0 Å². The summed E-state index contributed by atoms with van der Waals surface area (Å²) in [6.07, 6.45) is 3.39. The van der Waals surface area contributed by atoms with Gasteiger partial charge in [-0.3, -0.25) is 14.3 Å². The van der Waals surface area contributed by atoms with Crippen LogP contribution in [0.1, 0.15) is 11.6 Å². The smallest absolute Gasteiger partial charge is 0.244 e. The van der Waals surface area contributed by atoms with Crippen molar-refractivity contribution in [3.63, 3.8) is 0 Å². The van der Waals surface area contributed by atoms with Gasteiger partial charge in [-0.05, 0) is 25.2 Å². The van der Waals surface area contributed by atoms with E-state index in [4.69, 9.17) is 11.6 Å². The summed E-state index contributed by atoms with van der Waals surface area (Å²) >= 11 is 5.88. The molecule has 0 aliphatic heterocycles. The van der Waals surface area contributed by atoms with Crippen LogP contribution in [0, 0.1) is 0 Å². The largest absolute Gasteiger partial charge is 0.335 e. The van der Waals surface area contributed by atoms with Gasteiger partial charge in [-0.25, -0.2) is 0 Å². The first-order valence-electron chi connectivity index (χ1n) is 7.37. The number of anilines is 1. The molecular weight excluding hydrogens is 330 g/mol. The van der Waals surface area contributed by atoms with Crippen molar-refractivity contribution in [1.82, 2.24) is 20.0 Å². The number of aromatic nitrogens is 2. The van der Waals surface area contributed by atoms with Crippen molar-refractivity contribution in [2.75, 3.05) is 26.0 Å². The van der Waals surface area contributed by atoms with Crippen LogP contribution in [0.25, 0.3) is 0 Å². The van der Waals surface area contributed by atoms with E-state index in [9.17, 15) is 9.59 Å². The zero-order valence-electron chi connectivity index (χ0n) is 13.8. The van der Waals surface area contributed by atoms with Crippen molar-refractivity contribution < 1.29 is 9.59 Å². The van der Waals surface area contributed by atoms with Gasteiger partial charge in [-0.1, -0.05) is 17.7 Å². The van der Waals surface area contributed by atoms with Crippen LogP contribution in [0.15, 0.2) is 36.7 Å². The maximum atomic E-state index is 12.6. The number of halogens is 1. The number of rotatable bonds is 6. The maximum absolute atomic E-state index is 12.6. The van der Waals surface area contributed by atoms with Gasteiger partial charge in [0, 0.05) is 36.6 Å². The topological polar surface area (TPSA) is 79.3 Å². The van der Waals surface area contributed by atoms with E-state index in [1.807, 2.05) is 0 Å². The van der Waals surface area contributed by atoms with Gasteiger partial charge in [0.1, 0.15) is 6.04 Å². The van der Waals surface area contributed by atoms with Gasteiger partial charge < -0.3 is 15.5 Å². The highest BCUT2D eigenvalue weighted by Gasteiger charge is 2.24. The zero-order valence-corrected chi connectivity index (χ0v) is 14.5. The van der Waals surface area contributed by atoms with Crippen LogP contribution in [-0.4, -0.2) is 47.1 Å². The van der Waals surface area contributed by atoms with E-state index in [0.29, 0.717) is 10.7 Å². The normalized spacial score (nSPS) is 11.8. The molecule has 0 fully saturated rings. The molecule has 2 N–H and O–H groups in total. The summed E-state index contributed by atoms with van der Waals surface area (Å²) in [4.78, 5) is 26.0. The lowest BCUT2D eigenvalue weighted by atomic mass is 10.1. The Balaban J connectivity index is 1.98. The lowest BCUT2D eigenvalue weighted by molar-refractivity contribution is -0.135. The minimum Gasteiger partial charge on any atom is -0.335 e. The molecule has 8 heteroatoms. The minimum atomic E-state index is -0.553. The van der Waals surface area contributed by atoms with E-state index in [1.54, 1.807) is 62.5 Å². The lowest BCUT2D eigenvalue weighted by Gasteiger charge is -2.22. The Hall–Kier alpha value is -2.38. The van der Waals surface area contributed by atoms with Crippen LogP contribution in [0.2, 0.25) is 5.02 Å². The van der Waals surface area contributed by atoms with Crippen LogP contribution in [-0.2, 0) is 16.6 Å². The molecule has 24 heavy (non-hydrogen) atoms. The molecule has 2 amide bonds. The van der Waals surface area contributed by atoms with Crippen LogP contribution >= 0.6 is 11.6 Å². The Morgan fingerprint density at radius 2 is 2.17 bits per heavy atom. The average molecular weight is 350 g/mol. The third-order valence-corrected chi connectivity index (χ3v) is 3.69. The first kappa shape index (κ1) is 18.0. The van der Waals surface area contributed by atoms with Crippen molar-refractivity contribution in [3.05, 3.63) is 47.2 Å². The lowest BCUT2D eigenvalue weighted by Crippen LogP contribution is -2.41. The van der Waals surface area contributed by atoms with Crippen molar-refractivity contribution >= 4 is 29.1 Å². The Labute approximate surface area is 145 Å². The molecule has 1 aromatic carbocycles. The molecule has 1 atom stereocenters. The molecule has 2 rings (SSSR count). The number of amides is 2. The summed E-state index contributed by atoms with van der Waals surface area (Å²) in [5, 5.41) is 10.3. The number of nitrogens with one attached hydrogen (secondary N) is 2. The molecular formula is C16H20ClN5O2. The second kappa shape index (κ2) is 7.94. The molecule has 1 aromatic heterocycles. The summed E-state index contributed by atoms with van der Waals surface area (Å²) in [5.74, 6) is -0.513. The number of benzene rings is 1. The third kappa shape index (κ3) is 4.56. The molecule has 0 aliphatic rings. The fourth-order valence-corrected chi connectivity index (χ4v) is 2.49. The molecule has 0 saturated carbocycles. The molecule has 128 valence electrons. The monoisotopic (exact) mass is 349 g/mol. The van der Waals surface area contributed by atoms with E-state index < -0.39 is 6.04 Å². The van der Waals surface area contributed by atoms with Crippen molar-refractivity contribution in [2.45, 2.75) is 6.04 Å². The Bertz CT molecular complexity index is 731. The van der Waals surface area contributed by atoms with Crippen LogP contribution in [0.3, 0.4) is 0 Å². The van der Waals surface area contributed by atoms with Gasteiger partial charge in [0.25, 0.3) is 0 Å². The first-order chi connectivity index (χ1) is 11.4. The average Bonchev–Trinajstić information content (AvgIpc) is 2.94. The van der Waals surface area contributed by atoms with Gasteiger partial charge in [0.15, 0.2) is 0 Å². The third-order valence-electron chi connectivity index (χ3n) is 3.46. The minimum absolute atomic E-state index is 0.0657. The first-order valence-corrected chi connectivity index (χ1v) is 7.74. The van der Waals surface area contributed by atoms with Crippen LogP contribution < -0.4 is 10.6 Å². The fraction of sp³-hybridized carbons (Fsp3) is 0.312. The standard InChI is InChI=1S/C16H20ClN5O2/c1-18-15(11-8-19-22(3)9-11)16(24)21(2)10-14(23)20-13-6-4-5-12(17)7-13/h4-9,15,18H,10H2,1-3H3,(H,20,23).